The molecule has 0 aliphatic heterocycles. The highest BCUT2D eigenvalue weighted by Gasteiger charge is 2.24. The number of halogens is 1. The number of hydrogen-bond donors (Lipinski definition) is 0. The minimum atomic E-state index is -4.05. The SMILES string of the molecule is Cc1ccccc1Cn1cc(S(=O)(=O)c2ccccc2)c(=O)c2cc(F)ccc21. The number of rotatable bonds is 4. The van der Waals surface area contributed by atoms with Crippen LogP contribution in [0.5, 0.6) is 0 Å². The molecule has 0 atom stereocenters. The average molecular weight is 407 g/mol. The number of hydrogen-bond acceptors (Lipinski definition) is 3. The fourth-order valence-corrected chi connectivity index (χ4v) is 4.75. The zero-order valence-corrected chi connectivity index (χ0v) is 16.5. The maximum Gasteiger partial charge on any atom is 0.211 e. The van der Waals surface area contributed by atoms with Crippen molar-refractivity contribution in [2.24, 2.45) is 0 Å². The number of sulfone groups is 1. The van der Waals surface area contributed by atoms with E-state index in [4.69, 9.17) is 0 Å². The van der Waals surface area contributed by atoms with Crippen LogP contribution in [0.2, 0.25) is 0 Å². The first-order valence-electron chi connectivity index (χ1n) is 9.05. The summed E-state index contributed by atoms with van der Waals surface area (Å²) in [4.78, 5) is 12.7. The maximum absolute atomic E-state index is 13.9. The molecule has 0 N–H and O–H groups in total. The molecule has 0 unspecified atom stereocenters. The van der Waals surface area contributed by atoms with E-state index < -0.39 is 21.1 Å². The highest BCUT2D eigenvalue weighted by atomic mass is 32.2. The summed E-state index contributed by atoms with van der Waals surface area (Å²) >= 11 is 0. The average Bonchev–Trinajstić information content (AvgIpc) is 2.72. The largest absolute Gasteiger partial charge is 0.341 e. The van der Waals surface area contributed by atoms with E-state index in [0.29, 0.717) is 12.1 Å². The number of fused-ring (bicyclic) bond motifs is 1. The van der Waals surface area contributed by atoms with Crippen molar-refractivity contribution < 1.29 is 12.8 Å². The van der Waals surface area contributed by atoms with Gasteiger partial charge in [0.15, 0.2) is 0 Å². The summed E-state index contributed by atoms with van der Waals surface area (Å²) in [7, 11) is -4.05. The normalized spacial score (nSPS) is 11.7. The molecule has 0 fully saturated rings. The molecule has 6 heteroatoms. The van der Waals surface area contributed by atoms with Crippen LogP contribution < -0.4 is 5.43 Å². The van der Waals surface area contributed by atoms with Crippen LogP contribution in [0.25, 0.3) is 10.9 Å². The van der Waals surface area contributed by atoms with Gasteiger partial charge in [-0.25, -0.2) is 12.8 Å². The van der Waals surface area contributed by atoms with Crippen LogP contribution in [0.3, 0.4) is 0 Å². The smallest absolute Gasteiger partial charge is 0.211 e. The lowest BCUT2D eigenvalue weighted by atomic mass is 10.1. The van der Waals surface area contributed by atoms with Gasteiger partial charge in [0.25, 0.3) is 0 Å². The third-order valence-corrected chi connectivity index (χ3v) is 6.72. The molecule has 0 amide bonds. The molecule has 29 heavy (non-hydrogen) atoms. The summed E-state index contributed by atoms with van der Waals surface area (Å²) in [5.74, 6) is -0.591. The van der Waals surface area contributed by atoms with Gasteiger partial charge in [0.05, 0.1) is 10.4 Å². The van der Waals surface area contributed by atoms with Gasteiger partial charge in [0, 0.05) is 18.1 Å². The summed E-state index contributed by atoms with van der Waals surface area (Å²) in [5.41, 5.74) is 1.79. The van der Waals surface area contributed by atoms with E-state index in [1.54, 1.807) is 22.8 Å². The number of benzene rings is 3. The first kappa shape index (κ1) is 19.1. The molecule has 0 saturated heterocycles. The number of pyridine rings is 1. The molecule has 0 radical (unpaired) electrons. The van der Waals surface area contributed by atoms with E-state index in [1.165, 1.54) is 30.5 Å². The Kier molecular flexibility index (Phi) is 4.80. The molecule has 1 aromatic heterocycles. The summed E-state index contributed by atoms with van der Waals surface area (Å²) in [6.07, 6.45) is 1.36. The van der Waals surface area contributed by atoms with Gasteiger partial charge < -0.3 is 4.57 Å². The molecule has 1 heterocycles. The number of nitrogens with zero attached hydrogens (tertiary/aromatic N) is 1. The number of aryl methyl sites for hydroxylation is 1. The Hall–Kier alpha value is -3.25. The van der Waals surface area contributed by atoms with Crippen molar-refractivity contribution in [3.05, 3.63) is 106 Å². The van der Waals surface area contributed by atoms with Crippen LogP contribution in [0, 0.1) is 12.7 Å². The molecule has 0 spiro atoms. The third kappa shape index (κ3) is 3.47. The van der Waals surface area contributed by atoms with E-state index in [9.17, 15) is 17.6 Å². The fourth-order valence-electron chi connectivity index (χ4n) is 3.36. The predicted octanol–water partition coefficient (Wildman–Crippen LogP) is 4.33. The molecular formula is C23H18FNO3S. The highest BCUT2D eigenvalue weighted by Crippen LogP contribution is 2.23. The maximum atomic E-state index is 13.9. The van der Waals surface area contributed by atoms with E-state index >= 15 is 0 Å². The van der Waals surface area contributed by atoms with E-state index in [1.807, 2.05) is 31.2 Å². The van der Waals surface area contributed by atoms with Crippen LogP contribution in [0.4, 0.5) is 4.39 Å². The molecule has 146 valence electrons. The van der Waals surface area contributed by atoms with Crippen LogP contribution in [-0.2, 0) is 16.4 Å². The van der Waals surface area contributed by atoms with Crippen molar-refractivity contribution in [1.29, 1.82) is 0 Å². The molecule has 0 bridgehead atoms. The zero-order valence-electron chi connectivity index (χ0n) is 15.7. The lowest BCUT2D eigenvalue weighted by Crippen LogP contribution is -2.20. The van der Waals surface area contributed by atoms with Crippen molar-refractivity contribution in [3.63, 3.8) is 0 Å². The van der Waals surface area contributed by atoms with Gasteiger partial charge in [-0.1, -0.05) is 42.5 Å². The van der Waals surface area contributed by atoms with Gasteiger partial charge in [-0.15, -0.1) is 0 Å². The summed E-state index contributed by atoms with van der Waals surface area (Å²) in [6.45, 7) is 2.31. The molecular weight excluding hydrogens is 389 g/mol. The van der Waals surface area contributed by atoms with Gasteiger partial charge in [0.1, 0.15) is 10.7 Å². The zero-order chi connectivity index (χ0) is 20.6. The molecule has 4 nitrogen and oxygen atoms in total. The Morgan fingerprint density at radius 3 is 2.34 bits per heavy atom. The lowest BCUT2D eigenvalue weighted by molar-refractivity contribution is 0.593. The monoisotopic (exact) mass is 407 g/mol. The number of aromatic nitrogens is 1. The second-order valence-electron chi connectivity index (χ2n) is 6.85. The van der Waals surface area contributed by atoms with Crippen LogP contribution in [0.15, 0.2) is 93.6 Å². The van der Waals surface area contributed by atoms with Crippen LogP contribution >= 0.6 is 0 Å². The van der Waals surface area contributed by atoms with E-state index in [2.05, 4.69) is 0 Å². The topological polar surface area (TPSA) is 56.1 Å². The van der Waals surface area contributed by atoms with Gasteiger partial charge >= 0.3 is 0 Å². The third-order valence-electron chi connectivity index (χ3n) is 4.95. The minimum absolute atomic E-state index is 0.0234. The molecule has 3 aromatic carbocycles. The molecule has 4 aromatic rings. The Bertz CT molecular complexity index is 1380. The molecule has 4 rings (SSSR count). The Morgan fingerprint density at radius 1 is 0.931 bits per heavy atom. The lowest BCUT2D eigenvalue weighted by Gasteiger charge is -2.15. The van der Waals surface area contributed by atoms with Crippen LogP contribution in [0.1, 0.15) is 11.1 Å². The standard InChI is InChI=1S/C23H18FNO3S/c1-16-7-5-6-8-17(16)14-25-15-22(29(27,28)19-9-3-2-4-10-19)23(26)20-13-18(24)11-12-21(20)25/h2-13,15H,14H2,1H3. The van der Waals surface area contributed by atoms with Gasteiger partial charge in [0.2, 0.25) is 15.3 Å². The highest BCUT2D eigenvalue weighted by molar-refractivity contribution is 7.91. The Balaban J connectivity index is 2.00. The quantitative estimate of drug-likeness (QED) is 0.506. The first-order valence-corrected chi connectivity index (χ1v) is 10.5. The van der Waals surface area contributed by atoms with Crippen molar-refractivity contribution in [3.8, 4) is 0 Å². The summed E-state index contributed by atoms with van der Waals surface area (Å²) in [5, 5.41) is 0.0376. The van der Waals surface area contributed by atoms with Crippen LogP contribution in [-0.4, -0.2) is 13.0 Å². The van der Waals surface area contributed by atoms with Gasteiger partial charge in [-0.2, -0.15) is 0 Å². The second kappa shape index (κ2) is 7.29. The Labute approximate surface area is 167 Å². The second-order valence-corrected chi connectivity index (χ2v) is 8.77. The molecule has 0 aliphatic rings. The first-order chi connectivity index (χ1) is 13.9. The minimum Gasteiger partial charge on any atom is -0.341 e. The molecule has 0 saturated carbocycles. The van der Waals surface area contributed by atoms with Gasteiger partial charge in [-0.05, 0) is 48.4 Å². The Morgan fingerprint density at radius 2 is 1.62 bits per heavy atom. The van der Waals surface area contributed by atoms with Crippen molar-refractivity contribution in [2.75, 3.05) is 0 Å². The predicted molar refractivity (Wildman–Crippen MR) is 110 cm³/mol. The van der Waals surface area contributed by atoms with Gasteiger partial charge in [-0.3, -0.25) is 4.79 Å². The van der Waals surface area contributed by atoms with Crippen molar-refractivity contribution in [1.82, 2.24) is 4.57 Å². The summed E-state index contributed by atoms with van der Waals surface area (Å²) in [6, 6.07) is 19.4. The van der Waals surface area contributed by atoms with E-state index in [0.717, 1.165) is 17.2 Å². The molecule has 0 aliphatic carbocycles. The fraction of sp³-hybridized carbons (Fsp3) is 0.0870. The van der Waals surface area contributed by atoms with E-state index in [-0.39, 0.29) is 15.2 Å². The summed E-state index contributed by atoms with van der Waals surface area (Å²) < 4.78 is 41.9. The van der Waals surface area contributed by atoms with Crippen molar-refractivity contribution >= 4 is 20.7 Å². The van der Waals surface area contributed by atoms with Crippen molar-refractivity contribution in [2.45, 2.75) is 23.3 Å².